The monoisotopic (exact) mass is 80.0 g/mol. The Bertz CT molecular complexity index is 69.9. The normalized spacial score (nSPS) is 16.0. The second kappa shape index (κ2) is 1.58. The van der Waals surface area contributed by atoms with Crippen LogP contribution in [0.2, 0.25) is 0 Å². The van der Waals surface area contributed by atoms with Crippen molar-refractivity contribution in [2.24, 2.45) is 0 Å². The maximum Gasteiger partial charge on any atom is 0.188 e. The van der Waals surface area contributed by atoms with Crippen LogP contribution in [0.25, 0.3) is 0 Å². The summed E-state index contributed by atoms with van der Waals surface area (Å²) in [5.41, 5.74) is 0. The Morgan fingerprint density at radius 3 is 2.83 bits per heavy atom. The Morgan fingerprint density at radius 1 is 1.67 bits per heavy atom. The summed E-state index contributed by atoms with van der Waals surface area (Å²) in [5.74, 6) is 0. The molecule has 1 nitrogen and oxygen atoms in total. The molecule has 1 heteroatoms. The maximum atomic E-state index is 2.89. The highest BCUT2D eigenvalue weighted by Gasteiger charge is 1.86. The fourth-order valence-corrected chi connectivity index (χ4v) is 0.361. The first-order chi connectivity index (χ1) is 3.00. The summed E-state index contributed by atoms with van der Waals surface area (Å²) >= 11 is 0. The molecule has 1 rings (SSSR count). The molecule has 0 radical (unpaired) electrons. The quantitative estimate of drug-likeness (QED) is 0.417. The minimum absolute atomic E-state index is 0.927. The van der Waals surface area contributed by atoms with Crippen LogP contribution in [0.5, 0.6) is 0 Å². The van der Waals surface area contributed by atoms with Crippen molar-refractivity contribution in [3.63, 3.8) is 0 Å². The van der Waals surface area contributed by atoms with E-state index < -0.39 is 0 Å². The fourth-order valence-electron chi connectivity index (χ4n) is 0.361. The van der Waals surface area contributed by atoms with Gasteiger partial charge in [-0.05, 0) is 0 Å². The molecule has 0 spiro atoms. The van der Waals surface area contributed by atoms with Gasteiger partial charge in [0.1, 0.15) is 0 Å². The summed E-state index contributed by atoms with van der Waals surface area (Å²) in [5, 5.41) is 2.89. The van der Waals surface area contributed by atoms with Crippen LogP contribution in [-0.4, -0.2) is 6.54 Å². The third-order valence-corrected chi connectivity index (χ3v) is 0.638. The van der Waals surface area contributed by atoms with E-state index in [1.165, 1.54) is 0 Å². The number of dihydropyridines is 1. The van der Waals surface area contributed by atoms with Gasteiger partial charge in [0.15, 0.2) is 12.3 Å². The Balaban J connectivity index is 2.46. The lowest BCUT2D eigenvalue weighted by molar-refractivity contribution is 0.942. The highest BCUT2D eigenvalue weighted by Crippen LogP contribution is 1.77. The molecule has 0 atom stereocenters. The highest BCUT2D eigenvalue weighted by molar-refractivity contribution is 5.03. The van der Waals surface area contributed by atoms with E-state index in [1.54, 1.807) is 0 Å². The molecule has 0 saturated heterocycles. The van der Waals surface area contributed by atoms with Crippen LogP contribution in [-0.2, 0) is 0 Å². The molecule has 0 aromatic carbocycles. The van der Waals surface area contributed by atoms with Crippen LogP contribution < -0.4 is 5.32 Å². The molecule has 0 amide bonds. The van der Waals surface area contributed by atoms with E-state index >= 15 is 0 Å². The fraction of sp³-hybridized carbons (Fsp3) is 0.200. The molecule has 0 bridgehead atoms. The van der Waals surface area contributed by atoms with Crippen LogP contribution >= 0.6 is 0 Å². The van der Waals surface area contributed by atoms with Crippen molar-refractivity contribution in [1.82, 2.24) is 5.32 Å². The summed E-state index contributed by atoms with van der Waals surface area (Å²) in [7, 11) is 0. The van der Waals surface area contributed by atoms with Crippen molar-refractivity contribution in [3.05, 3.63) is 24.4 Å². The highest BCUT2D eigenvalue weighted by atomic mass is 14.8. The molecule has 0 aliphatic carbocycles. The molecule has 0 aromatic heterocycles. The van der Waals surface area contributed by atoms with E-state index in [1.807, 2.05) is 18.2 Å². The van der Waals surface area contributed by atoms with Crippen LogP contribution in [0, 0.1) is 6.20 Å². The van der Waals surface area contributed by atoms with Gasteiger partial charge in [-0.2, -0.15) is 0 Å². The van der Waals surface area contributed by atoms with Gasteiger partial charge in [0.05, 0.1) is 12.6 Å². The summed E-state index contributed by atoms with van der Waals surface area (Å²) in [6, 6.07) is 0. The zero-order valence-electron chi connectivity index (χ0n) is 3.44. The zero-order valence-corrected chi connectivity index (χ0v) is 3.44. The van der Waals surface area contributed by atoms with Gasteiger partial charge < -0.3 is 0 Å². The molecule has 1 N–H and O–H groups in total. The summed E-state index contributed by atoms with van der Waals surface area (Å²) in [4.78, 5) is 0. The molecule has 0 saturated carbocycles. The van der Waals surface area contributed by atoms with Crippen molar-refractivity contribution in [2.75, 3.05) is 6.54 Å². The molecule has 0 unspecified atom stereocenters. The molecule has 1 heterocycles. The van der Waals surface area contributed by atoms with Gasteiger partial charge >= 0.3 is 0 Å². The zero-order chi connectivity index (χ0) is 4.24. The SMILES string of the molecule is [C+]1=CC=CCN1. The van der Waals surface area contributed by atoms with Crippen LogP contribution in [0.4, 0.5) is 0 Å². The molecular formula is C5H6N+. The Morgan fingerprint density at radius 2 is 2.67 bits per heavy atom. The first-order valence-corrected chi connectivity index (χ1v) is 1.97. The number of allylic oxidation sites excluding steroid dienone is 2. The van der Waals surface area contributed by atoms with E-state index in [-0.39, 0.29) is 0 Å². The van der Waals surface area contributed by atoms with E-state index in [2.05, 4.69) is 11.5 Å². The predicted molar refractivity (Wildman–Crippen MR) is 25.0 cm³/mol. The predicted octanol–water partition coefficient (Wildman–Crippen LogP) is 0.463. The average molecular weight is 80.1 g/mol. The summed E-state index contributed by atoms with van der Waals surface area (Å²) < 4.78 is 0. The number of nitrogens with one attached hydrogen (secondary N) is 1. The van der Waals surface area contributed by atoms with Crippen LogP contribution in [0.1, 0.15) is 0 Å². The molecule has 1 aliphatic rings. The minimum atomic E-state index is 0.927. The third-order valence-electron chi connectivity index (χ3n) is 0.638. The lowest BCUT2D eigenvalue weighted by atomic mass is 10.4. The van der Waals surface area contributed by atoms with E-state index in [0.29, 0.717) is 0 Å². The second-order valence-electron chi connectivity index (χ2n) is 1.12. The van der Waals surface area contributed by atoms with E-state index in [4.69, 9.17) is 0 Å². The first-order valence-electron chi connectivity index (χ1n) is 1.97. The first kappa shape index (κ1) is 3.38. The molecular weight excluding hydrogens is 74.1 g/mol. The van der Waals surface area contributed by atoms with E-state index in [0.717, 1.165) is 6.54 Å². The Labute approximate surface area is 37.4 Å². The smallest absolute Gasteiger partial charge is 0.188 e. The Kier molecular flexibility index (Phi) is 0.892. The van der Waals surface area contributed by atoms with Crippen LogP contribution in [0.15, 0.2) is 18.2 Å². The van der Waals surface area contributed by atoms with Crippen LogP contribution in [0.3, 0.4) is 0 Å². The molecule has 1 aliphatic heterocycles. The van der Waals surface area contributed by atoms with Gasteiger partial charge in [-0.25, -0.2) is 0 Å². The van der Waals surface area contributed by atoms with Gasteiger partial charge in [0, 0.05) is 6.08 Å². The van der Waals surface area contributed by atoms with Gasteiger partial charge in [-0.1, -0.05) is 0 Å². The molecule has 30 valence electrons. The van der Waals surface area contributed by atoms with E-state index in [9.17, 15) is 0 Å². The second-order valence-corrected chi connectivity index (χ2v) is 1.12. The third kappa shape index (κ3) is 0.568. The summed E-state index contributed by atoms with van der Waals surface area (Å²) in [6.45, 7) is 0.927. The number of rotatable bonds is 0. The van der Waals surface area contributed by atoms with Crippen molar-refractivity contribution in [3.8, 4) is 0 Å². The van der Waals surface area contributed by atoms with Gasteiger partial charge in [0.25, 0.3) is 0 Å². The number of hydrogen-bond acceptors (Lipinski definition) is 1. The Hall–Kier alpha value is -0.810. The summed E-state index contributed by atoms with van der Waals surface area (Å²) in [6.07, 6.45) is 8.68. The van der Waals surface area contributed by atoms with Crippen molar-refractivity contribution < 1.29 is 0 Å². The molecule has 0 fully saturated rings. The van der Waals surface area contributed by atoms with Gasteiger partial charge in [0.2, 0.25) is 0 Å². The lowest BCUT2D eigenvalue weighted by Crippen LogP contribution is -2.06. The van der Waals surface area contributed by atoms with Crippen molar-refractivity contribution >= 4 is 0 Å². The number of hydrogen-bond donors (Lipinski definition) is 1. The average Bonchev–Trinajstić information content (AvgIpc) is 1.72. The maximum absolute atomic E-state index is 2.89. The topological polar surface area (TPSA) is 12.0 Å². The molecule has 0 aromatic rings. The molecule has 6 heavy (non-hydrogen) atoms. The lowest BCUT2D eigenvalue weighted by Gasteiger charge is -1.82. The van der Waals surface area contributed by atoms with Gasteiger partial charge in [-0.3, -0.25) is 5.32 Å². The van der Waals surface area contributed by atoms with Gasteiger partial charge in [-0.15, -0.1) is 0 Å². The largest absolute Gasteiger partial charge is 0.261 e. The van der Waals surface area contributed by atoms with Crippen molar-refractivity contribution in [2.45, 2.75) is 0 Å². The van der Waals surface area contributed by atoms with Crippen molar-refractivity contribution in [1.29, 1.82) is 0 Å². The standard InChI is InChI=1S/C5H6N/c1-2-4-6-5-3-1/h1-3,6H,4H2/q+1. The minimum Gasteiger partial charge on any atom is -0.261 e.